The van der Waals surface area contributed by atoms with Gasteiger partial charge in [0.15, 0.2) is 11.6 Å². The van der Waals surface area contributed by atoms with E-state index in [1.807, 2.05) is 4.90 Å². The van der Waals surface area contributed by atoms with Gasteiger partial charge in [-0.05, 0) is 43.0 Å². The number of amides is 1. The summed E-state index contributed by atoms with van der Waals surface area (Å²) in [6.07, 6.45) is 1.94. The van der Waals surface area contributed by atoms with E-state index in [0.717, 1.165) is 25.1 Å². The van der Waals surface area contributed by atoms with Crippen molar-refractivity contribution in [2.45, 2.75) is 19.3 Å². The van der Waals surface area contributed by atoms with Gasteiger partial charge in [0.05, 0.1) is 7.11 Å². The molecule has 2 N–H and O–H groups in total. The molecular formula is C15H21FN2O2. The molecule has 1 aliphatic rings. The second-order valence-electron chi connectivity index (χ2n) is 5.20. The van der Waals surface area contributed by atoms with Crippen LogP contribution in [0.1, 0.15) is 18.4 Å². The number of hydrogen-bond donors (Lipinski definition) is 1. The number of halogens is 1. The lowest BCUT2D eigenvalue weighted by molar-refractivity contribution is -0.130. The Balaban J connectivity index is 1.86. The fourth-order valence-corrected chi connectivity index (χ4v) is 2.53. The van der Waals surface area contributed by atoms with Crippen LogP contribution >= 0.6 is 0 Å². The van der Waals surface area contributed by atoms with Crippen LogP contribution in [0.25, 0.3) is 0 Å². The smallest absolute Gasteiger partial charge is 0.222 e. The van der Waals surface area contributed by atoms with E-state index in [1.165, 1.54) is 13.2 Å². The van der Waals surface area contributed by atoms with Crippen molar-refractivity contribution in [2.75, 3.05) is 26.7 Å². The van der Waals surface area contributed by atoms with E-state index in [0.29, 0.717) is 25.3 Å². The molecule has 2 rings (SSSR count). The van der Waals surface area contributed by atoms with E-state index in [1.54, 1.807) is 12.1 Å². The lowest BCUT2D eigenvalue weighted by Crippen LogP contribution is -2.30. The van der Waals surface area contributed by atoms with Crippen LogP contribution in [0.2, 0.25) is 0 Å². The fourth-order valence-electron chi connectivity index (χ4n) is 2.53. The molecule has 1 aromatic rings. The highest BCUT2D eigenvalue weighted by molar-refractivity contribution is 5.76. The highest BCUT2D eigenvalue weighted by Crippen LogP contribution is 2.20. The molecule has 4 nitrogen and oxygen atoms in total. The maximum atomic E-state index is 13.5. The van der Waals surface area contributed by atoms with E-state index < -0.39 is 0 Å². The highest BCUT2D eigenvalue weighted by atomic mass is 19.1. The zero-order valence-electron chi connectivity index (χ0n) is 11.8. The summed E-state index contributed by atoms with van der Waals surface area (Å²) in [4.78, 5) is 13.9. The lowest BCUT2D eigenvalue weighted by atomic mass is 10.1. The summed E-state index contributed by atoms with van der Waals surface area (Å²) in [6, 6.07) is 4.82. The minimum Gasteiger partial charge on any atom is -0.494 e. The molecule has 110 valence electrons. The lowest BCUT2D eigenvalue weighted by Gasteiger charge is -2.16. The van der Waals surface area contributed by atoms with Crippen LogP contribution in [0.3, 0.4) is 0 Å². The van der Waals surface area contributed by atoms with Crippen molar-refractivity contribution in [3.05, 3.63) is 29.6 Å². The van der Waals surface area contributed by atoms with Gasteiger partial charge in [-0.1, -0.05) is 6.07 Å². The predicted octanol–water partition coefficient (Wildman–Crippen LogP) is 1.57. The number of carbonyl (C=O) groups is 1. The fraction of sp³-hybridized carbons (Fsp3) is 0.533. The third-order valence-corrected chi connectivity index (χ3v) is 3.82. The Morgan fingerprint density at radius 1 is 1.55 bits per heavy atom. The summed E-state index contributed by atoms with van der Waals surface area (Å²) in [5.41, 5.74) is 6.42. The van der Waals surface area contributed by atoms with Gasteiger partial charge in [-0.2, -0.15) is 0 Å². The van der Waals surface area contributed by atoms with Crippen molar-refractivity contribution in [2.24, 2.45) is 11.7 Å². The highest BCUT2D eigenvalue weighted by Gasteiger charge is 2.24. The average Bonchev–Trinajstić information content (AvgIpc) is 2.94. The summed E-state index contributed by atoms with van der Waals surface area (Å²) in [6.45, 7) is 2.18. The van der Waals surface area contributed by atoms with Gasteiger partial charge in [-0.15, -0.1) is 0 Å². The third-order valence-electron chi connectivity index (χ3n) is 3.82. The van der Waals surface area contributed by atoms with Crippen LogP contribution in [0.4, 0.5) is 4.39 Å². The summed E-state index contributed by atoms with van der Waals surface area (Å²) in [5.74, 6) is 0.391. The molecule has 0 saturated carbocycles. The molecule has 0 bridgehead atoms. The van der Waals surface area contributed by atoms with Crippen molar-refractivity contribution in [1.29, 1.82) is 0 Å². The molecule has 1 aromatic carbocycles. The van der Waals surface area contributed by atoms with E-state index in [9.17, 15) is 9.18 Å². The van der Waals surface area contributed by atoms with Gasteiger partial charge < -0.3 is 15.4 Å². The first-order valence-electron chi connectivity index (χ1n) is 6.94. The standard InChI is InChI=1S/C15H21FN2O2/c1-20-14-4-2-11(8-13(14)16)3-5-15(19)18-7-6-12(9-17)10-18/h2,4,8,12H,3,5-7,9-10,17H2,1H3. The Morgan fingerprint density at radius 2 is 2.35 bits per heavy atom. The van der Waals surface area contributed by atoms with Crippen molar-refractivity contribution in [3.63, 3.8) is 0 Å². The number of rotatable bonds is 5. The number of hydrogen-bond acceptors (Lipinski definition) is 3. The molecule has 5 heteroatoms. The first-order chi connectivity index (χ1) is 9.63. The van der Waals surface area contributed by atoms with Crippen molar-refractivity contribution < 1.29 is 13.9 Å². The quantitative estimate of drug-likeness (QED) is 0.891. The van der Waals surface area contributed by atoms with Gasteiger partial charge in [0.25, 0.3) is 0 Å². The zero-order chi connectivity index (χ0) is 14.5. The maximum Gasteiger partial charge on any atom is 0.222 e. The molecule has 1 atom stereocenters. The van der Waals surface area contributed by atoms with Crippen LogP contribution in [-0.2, 0) is 11.2 Å². The Hall–Kier alpha value is -1.62. The Morgan fingerprint density at radius 3 is 2.95 bits per heavy atom. The van der Waals surface area contributed by atoms with Crippen LogP contribution in [0, 0.1) is 11.7 Å². The first-order valence-corrected chi connectivity index (χ1v) is 6.94. The Kier molecular flexibility index (Phi) is 4.95. The molecule has 0 aliphatic carbocycles. The number of aryl methyl sites for hydroxylation is 1. The average molecular weight is 280 g/mol. The molecule has 1 heterocycles. The monoisotopic (exact) mass is 280 g/mol. The minimum absolute atomic E-state index is 0.122. The van der Waals surface area contributed by atoms with Crippen molar-refractivity contribution in [1.82, 2.24) is 4.90 Å². The molecule has 1 fully saturated rings. The van der Waals surface area contributed by atoms with Crippen molar-refractivity contribution in [3.8, 4) is 5.75 Å². The second-order valence-corrected chi connectivity index (χ2v) is 5.20. The largest absolute Gasteiger partial charge is 0.494 e. The maximum absolute atomic E-state index is 13.5. The zero-order valence-corrected chi connectivity index (χ0v) is 11.8. The summed E-state index contributed by atoms with van der Waals surface area (Å²) in [5, 5.41) is 0. The van der Waals surface area contributed by atoms with E-state index in [2.05, 4.69) is 0 Å². The van der Waals surface area contributed by atoms with E-state index in [4.69, 9.17) is 10.5 Å². The van der Waals surface area contributed by atoms with Gasteiger partial charge in [0, 0.05) is 19.5 Å². The van der Waals surface area contributed by atoms with Crippen LogP contribution < -0.4 is 10.5 Å². The minimum atomic E-state index is -0.387. The van der Waals surface area contributed by atoms with E-state index >= 15 is 0 Å². The van der Waals surface area contributed by atoms with Gasteiger partial charge >= 0.3 is 0 Å². The van der Waals surface area contributed by atoms with Gasteiger partial charge in [-0.25, -0.2) is 4.39 Å². The molecule has 0 spiro atoms. The molecule has 1 unspecified atom stereocenters. The second kappa shape index (κ2) is 6.70. The molecular weight excluding hydrogens is 259 g/mol. The SMILES string of the molecule is COc1ccc(CCC(=O)N2CCC(CN)C2)cc1F. The van der Waals surface area contributed by atoms with Crippen LogP contribution in [-0.4, -0.2) is 37.6 Å². The predicted molar refractivity (Wildman–Crippen MR) is 75.0 cm³/mol. The number of benzene rings is 1. The van der Waals surface area contributed by atoms with Gasteiger partial charge in [0.2, 0.25) is 5.91 Å². The number of methoxy groups -OCH3 is 1. The Bertz CT molecular complexity index is 479. The van der Waals surface area contributed by atoms with Gasteiger partial charge in [-0.3, -0.25) is 4.79 Å². The van der Waals surface area contributed by atoms with Crippen molar-refractivity contribution >= 4 is 5.91 Å². The van der Waals surface area contributed by atoms with Crippen LogP contribution in [0.5, 0.6) is 5.75 Å². The first kappa shape index (κ1) is 14.8. The van der Waals surface area contributed by atoms with Gasteiger partial charge in [0.1, 0.15) is 0 Å². The normalized spacial score (nSPS) is 18.4. The number of ether oxygens (including phenoxy) is 1. The third kappa shape index (κ3) is 3.48. The number of nitrogens with zero attached hydrogens (tertiary/aromatic N) is 1. The molecule has 20 heavy (non-hydrogen) atoms. The summed E-state index contributed by atoms with van der Waals surface area (Å²) >= 11 is 0. The molecule has 1 saturated heterocycles. The number of carbonyl (C=O) groups excluding carboxylic acids is 1. The number of likely N-dealkylation sites (tertiary alicyclic amines) is 1. The molecule has 0 aromatic heterocycles. The van der Waals surface area contributed by atoms with Crippen LogP contribution in [0.15, 0.2) is 18.2 Å². The Labute approximate surface area is 118 Å². The molecule has 1 aliphatic heterocycles. The topological polar surface area (TPSA) is 55.6 Å². The molecule has 0 radical (unpaired) electrons. The molecule has 1 amide bonds. The summed E-state index contributed by atoms with van der Waals surface area (Å²) in [7, 11) is 1.43. The van der Waals surface area contributed by atoms with E-state index in [-0.39, 0.29) is 17.5 Å². The summed E-state index contributed by atoms with van der Waals surface area (Å²) < 4.78 is 18.4. The number of nitrogens with two attached hydrogens (primary N) is 1.